The lowest BCUT2D eigenvalue weighted by atomic mass is 10.0. The Bertz CT molecular complexity index is 143. The van der Waals surface area contributed by atoms with Crippen LogP contribution in [0.4, 0.5) is 0 Å². The normalized spacial score (nSPS) is 16.0. The van der Waals surface area contributed by atoms with E-state index in [-0.39, 0.29) is 0 Å². The fourth-order valence-electron chi connectivity index (χ4n) is 2.11. The van der Waals surface area contributed by atoms with Gasteiger partial charge in [-0.15, -0.1) is 0 Å². The van der Waals surface area contributed by atoms with E-state index >= 15 is 0 Å². The van der Waals surface area contributed by atoms with Crippen molar-refractivity contribution in [2.24, 2.45) is 17.6 Å². The van der Waals surface area contributed by atoms with E-state index in [1.54, 1.807) is 0 Å². The van der Waals surface area contributed by atoms with E-state index in [0.717, 1.165) is 18.3 Å². The maximum atomic E-state index is 5.74. The first-order valence-electron chi connectivity index (χ1n) is 6.36. The van der Waals surface area contributed by atoms with Crippen molar-refractivity contribution in [3.8, 4) is 0 Å². The Morgan fingerprint density at radius 2 is 1.60 bits per heavy atom. The minimum atomic E-state index is 0.366. The van der Waals surface area contributed by atoms with Gasteiger partial charge in [0.2, 0.25) is 0 Å². The van der Waals surface area contributed by atoms with Gasteiger partial charge in [-0.2, -0.15) is 0 Å². The predicted molar refractivity (Wildman–Crippen MR) is 69.0 cm³/mol. The Morgan fingerprint density at radius 3 is 2.07 bits per heavy atom. The van der Waals surface area contributed by atoms with Gasteiger partial charge in [-0.1, -0.05) is 27.2 Å². The molecule has 2 heteroatoms. The Balaban J connectivity index is 3.50. The minimum absolute atomic E-state index is 0.366. The average Bonchev–Trinajstić information content (AvgIpc) is 2.00. The Morgan fingerprint density at radius 1 is 1.00 bits per heavy atom. The van der Waals surface area contributed by atoms with Crippen LogP contribution >= 0.6 is 0 Å². The van der Waals surface area contributed by atoms with Crippen LogP contribution in [0.2, 0.25) is 0 Å². The summed E-state index contributed by atoms with van der Waals surface area (Å²) in [6, 6.07) is 0.366. The standard InChI is InChI=1S/C13H30N2/c1-11(2)9-15(5)10-12(3)7-6-8-13(4)14/h11-13H,6-10,14H2,1-5H3. The highest BCUT2D eigenvalue weighted by Crippen LogP contribution is 2.10. The van der Waals surface area contributed by atoms with E-state index in [2.05, 4.69) is 39.6 Å². The van der Waals surface area contributed by atoms with Crippen LogP contribution < -0.4 is 5.73 Å². The molecule has 0 aromatic rings. The molecule has 0 aliphatic rings. The summed E-state index contributed by atoms with van der Waals surface area (Å²) in [5.74, 6) is 1.57. The molecule has 2 nitrogen and oxygen atoms in total. The molecule has 2 atom stereocenters. The van der Waals surface area contributed by atoms with Gasteiger partial charge >= 0.3 is 0 Å². The first-order valence-corrected chi connectivity index (χ1v) is 6.36. The fourth-order valence-corrected chi connectivity index (χ4v) is 2.11. The van der Waals surface area contributed by atoms with Gasteiger partial charge in [0.1, 0.15) is 0 Å². The summed E-state index contributed by atoms with van der Waals surface area (Å²) in [7, 11) is 2.22. The number of rotatable bonds is 8. The van der Waals surface area contributed by atoms with Crippen LogP contribution in [0.3, 0.4) is 0 Å². The van der Waals surface area contributed by atoms with E-state index in [1.165, 1.54) is 25.9 Å². The number of nitrogens with two attached hydrogens (primary N) is 1. The molecule has 0 spiro atoms. The molecule has 2 N–H and O–H groups in total. The molecular formula is C13H30N2. The Hall–Kier alpha value is -0.0800. The van der Waals surface area contributed by atoms with Crippen LogP contribution in [-0.2, 0) is 0 Å². The Kier molecular flexibility index (Phi) is 8.07. The highest BCUT2D eigenvalue weighted by atomic mass is 15.1. The molecule has 0 aliphatic carbocycles. The molecule has 2 unspecified atom stereocenters. The highest BCUT2D eigenvalue weighted by Gasteiger charge is 2.08. The first-order chi connectivity index (χ1) is 6.91. The van der Waals surface area contributed by atoms with Crippen LogP contribution in [0.15, 0.2) is 0 Å². The van der Waals surface area contributed by atoms with Crippen LogP contribution in [0.1, 0.15) is 47.0 Å². The van der Waals surface area contributed by atoms with E-state index < -0.39 is 0 Å². The zero-order chi connectivity index (χ0) is 11.8. The third-order valence-corrected chi connectivity index (χ3v) is 2.66. The second kappa shape index (κ2) is 8.12. The lowest BCUT2D eigenvalue weighted by Crippen LogP contribution is -2.28. The first kappa shape index (κ1) is 14.9. The average molecular weight is 214 g/mol. The van der Waals surface area contributed by atoms with E-state index in [4.69, 9.17) is 5.73 Å². The van der Waals surface area contributed by atoms with Crippen LogP contribution in [-0.4, -0.2) is 31.1 Å². The lowest BCUT2D eigenvalue weighted by molar-refractivity contribution is 0.249. The predicted octanol–water partition coefficient (Wildman–Crippen LogP) is 2.73. The molecule has 15 heavy (non-hydrogen) atoms. The van der Waals surface area contributed by atoms with Crippen molar-refractivity contribution in [2.75, 3.05) is 20.1 Å². The second-order valence-electron chi connectivity index (χ2n) is 5.63. The van der Waals surface area contributed by atoms with Gasteiger partial charge in [0.05, 0.1) is 0 Å². The van der Waals surface area contributed by atoms with Crippen molar-refractivity contribution in [1.82, 2.24) is 4.90 Å². The molecule has 0 bridgehead atoms. The molecule has 0 saturated heterocycles. The third kappa shape index (κ3) is 10.2. The molecule has 0 heterocycles. The molecule has 0 rings (SSSR count). The fraction of sp³-hybridized carbons (Fsp3) is 1.00. The molecule has 0 radical (unpaired) electrons. The van der Waals surface area contributed by atoms with Crippen LogP contribution in [0.25, 0.3) is 0 Å². The van der Waals surface area contributed by atoms with E-state index in [0.29, 0.717) is 6.04 Å². The van der Waals surface area contributed by atoms with Crippen LogP contribution in [0.5, 0.6) is 0 Å². The summed E-state index contributed by atoms with van der Waals surface area (Å²) < 4.78 is 0. The third-order valence-electron chi connectivity index (χ3n) is 2.66. The molecule has 92 valence electrons. The maximum Gasteiger partial charge on any atom is 0.00104 e. The van der Waals surface area contributed by atoms with Crippen LogP contribution in [0, 0.1) is 11.8 Å². The van der Waals surface area contributed by atoms with Crippen molar-refractivity contribution in [3.63, 3.8) is 0 Å². The largest absolute Gasteiger partial charge is 0.328 e. The van der Waals surface area contributed by atoms with Crippen molar-refractivity contribution in [3.05, 3.63) is 0 Å². The molecule has 0 amide bonds. The quantitative estimate of drug-likeness (QED) is 0.673. The van der Waals surface area contributed by atoms with Gasteiger partial charge in [-0.3, -0.25) is 0 Å². The molecule has 0 aromatic heterocycles. The Labute approximate surface area is 96.2 Å². The summed E-state index contributed by atoms with van der Waals surface area (Å²) in [5.41, 5.74) is 5.74. The summed E-state index contributed by atoms with van der Waals surface area (Å²) in [4.78, 5) is 2.45. The van der Waals surface area contributed by atoms with Gasteiger partial charge in [0, 0.05) is 19.1 Å². The molecule has 0 saturated carbocycles. The topological polar surface area (TPSA) is 29.3 Å². The zero-order valence-corrected chi connectivity index (χ0v) is 11.3. The van der Waals surface area contributed by atoms with Gasteiger partial charge in [-0.05, 0) is 38.6 Å². The summed E-state index contributed by atoms with van der Waals surface area (Å²) in [6.07, 6.45) is 3.75. The number of nitrogens with zero attached hydrogens (tertiary/aromatic N) is 1. The van der Waals surface area contributed by atoms with Gasteiger partial charge in [0.15, 0.2) is 0 Å². The molecule has 0 aliphatic heterocycles. The highest BCUT2D eigenvalue weighted by molar-refractivity contribution is 4.62. The molecule has 0 fully saturated rings. The number of hydrogen-bond acceptors (Lipinski definition) is 2. The van der Waals surface area contributed by atoms with E-state index in [1.807, 2.05) is 0 Å². The minimum Gasteiger partial charge on any atom is -0.328 e. The SMILES string of the molecule is CC(C)CN(C)CC(C)CCCC(C)N. The zero-order valence-electron chi connectivity index (χ0n) is 11.3. The van der Waals surface area contributed by atoms with Crippen molar-refractivity contribution >= 4 is 0 Å². The van der Waals surface area contributed by atoms with E-state index in [9.17, 15) is 0 Å². The van der Waals surface area contributed by atoms with Crippen molar-refractivity contribution in [1.29, 1.82) is 0 Å². The summed E-state index contributed by atoms with van der Waals surface area (Å²) in [5, 5.41) is 0. The monoisotopic (exact) mass is 214 g/mol. The molecular weight excluding hydrogens is 184 g/mol. The van der Waals surface area contributed by atoms with Gasteiger partial charge in [-0.25, -0.2) is 0 Å². The smallest absolute Gasteiger partial charge is 0.00104 e. The second-order valence-corrected chi connectivity index (χ2v) is 5.63. The van der Waals surface area contributed by atoms with Crippen molar-refractivity contribution in [2.45, 2.75) is 53.0 Å². The molecule has 0 aromatic carbocycles. The maximum absolute atomic E-state index is 5.74. The number of hydrogen-bond donors (Lipinski definition) is 1. The van der Waals surface area contributed by atoms with Gasteiger partial charge < -0.3 is 10.6 Å². The summed E-state index contributed by atoms with van der Waals surface area (Å²) >= 11 is 0. The van der Waals surface area contributed by atoms with Gasteiger partial charge in [0.25, 0.3) is 0 Å². The summed E-state index contributed by atoms with van der Waals surface area (Å²) in [6.45, 7) is 11.4. The lowest BCUT2D eigenvalue weighted by Gasteiger charge is -2.23. The van der Waals surface area contributed by atoms with Crippen molar-refractivity contribution < 1.29 is 0 Å².